The fourth-order valence-electron chi connectivity index (χ4n) is 4.64. The topological polar surface area (TPSA) is 52.3 Å². The minimum Gasteiger partial charge on any atom is -0.492 e. The molecule has 0 saturated carbocycles. The second-order valence-electron chi connectivity index (χ2n) is 9.32. The fourth-order valence-corrected chi connectivity index (χ4v) is 5.91. The van der Waals surface area contributed by atoms with Crippen LogP contribution in [-0.2, 0) is 32.1 Å². The van der Waals surface area contributed by atoms with Gasteiger partial charge in [-0.2, -0.15) is 0 Å². The van der Waals surface area contributed by atoms with Crippen LogP contribution < -0.4 is 10.5 Å². The molecule has 2 aromatic rings. The molecule has 3 rings (SSSR count). The minimum absolute atomic E-state index is 0.315. The first-order valence-corrected chi connectivity index (χ1v) is 12.2. The maximum atomic E-state index is 13.2. The van der Waals surface area contributed by atoms with Crippen molar-refractivity contribution in [1.29, 1.82) is 0 Å². The Morgan fingerprint density at radius 2 is 1.97 bits per heavy atom. The molecule has 0 spiro atoms. The van der Waals surface area contributed by atoms with Crippen LogP contribution in [-0.4, -0.2) is 18.9 Å². The molecular weight excluding hydrogens is 390 g/mol. The molecule has 0 fully saturated rings. The molecule has 0 radical (unpaired) electrons. The molecule has 2 N–H and O–H groups in total. The largest absolute Gasteiger partial charge is 0.492 e. The summed E-state index contributed by atoms with van der Waals surface area (Å²) in [5.41, 5.74) is 12.3. The zero-order valence-electron chi connectivity index (χ0n) is 19.3. The zero-order valence-corrected chi connectivity index (χ0v) is 20.1. The van der Waals surface area contributed by atoms with E-state index < -0.39 is 0 Å². The molecule has 1 aromatic heterocycles. The van der Waals surface area contributed by atoms with E-state index in [4.69, 9.17) is 10.5 Å². The number of ketones is 1. The number of nitrogens with two attached hydrogens (primary N) is 1. The summed E-state index contributed by atoms with van der Waals surface area (Å²) in [7, 11) is 0. The van der Waals surface area contributed by atoms with Gasteiger partial charge in [0.25, 0.3) is 0 Å². The third-order valence-corrected chi connectivity index (χ3v) is 7.74. The molecule has 3 nitrogen and oxygen atoms in total. The first kappa shape index (κ1) is 23.0. The number of ether oxygens (including phenoxy) is 1. The Kier molecular flexibility index (Phi) is 7.41. The molecule has 0 saturated heterocycles. The SMILES string of the molecule is CCc1cc(CCC(=O)c2sc(CC)c3c2CCC(C)(C)C3)cc(C)c1OCCN. The van der Waals surface area contributed by atoms with Crippen molar-refractivity contribution in [2.75, 3.05) is 13.2 Å². The number of rotatable bonds is 9. The van der Waals surface area contributed by atoms with Crippen molar-refractivity contribution in [3.05, 3.63) is 49.7 Å². The van der Waals surface area contributed by atoms with Gasteiger partial charge in [0.05, 0.1) is 4.88 Å². The molecular formula is C26H37NO2S. The van der Waals surface area contributed by atoms with Crippen molar-refractivity contribution < 1.29 is 9.53 Å². The summed E-state index contributed by atoms with van der Waals surface area (Å²) in [6.07, 6.45) is 6.62. The fraction of sp³-hybridized carbons (Fsp3) is 0.577. The normalized spacial score (nSPS) is 15.1. The van der Waals surface area contributed by atoms with Crippen LogP contribution in [0.2, 0.25) is 0 Å². The van der Waals surface area contributed by atoms with E-state index in [1.165, 1.54) is 33.6 Å². The molecule has 0 atom stereocenters. The maximum Gasteiger partial charge on any atom is 0.173 e. The van der Waals surface area contributed by atoms with Gasteiger partial charge in [0.15, 0.2) is 5.78 Å². The Bertz CT molecular complexity index is 910. The second kappa shape index (κ2) is 9.65. The number of hydrogen-bond acceptors (Lipinski definition) is 4. The highest BCUT2D eigenvalue weighted by molar-refractivity contribution is 7.14. The van der Waals surface area contributed by atoms with Crippen LogP contribution in [0.15, 0.2) is 12.1 Å². The van der Waals surface area contributed by atoms with E-state index in [-0.39, 0.29) is 0 Å². The van der Waals surface area contributed by atoms with Crippen LogP contribution >= 0.6 is 11.3 Å². The minimum atomic E-state index is 0.315. The predicted molar refractivity (Wildman–Crippen MR) is 127 cm³/mol. The third-order valence-electron chi connectivity index (χ3n) is 6.28. The van der Waals surface area contributed by atoms with Crippen molar-refractivity contribution in [2.24, 2.45) is 11.1 Å². The summed E-state index contributed by atoms with van der Waals surface area (Å²) >= 11 is 1.76. The first-order valence-electron chi connectivity index (χ1n) is 11.4. The Labute approximate surface area is 186 Å². The maximum absolute atomic E-state index is 13.2. The van der Waals surface area contributed by atoms with E-state index in [1.807, 2.05) is 0 Å². The first-order chi connectivity index (χ1) is 14.3. The Balaban J connectivity index is 1.77. The number of Topliss-reactive ketones (excluding diaryl/α,β-unsaturated/α-hetero) is 1. The van der Waals surface area contributed by atoms with Crippen LogP contribution in [0.4, 0.5) is 0 Å². The number of benzene rings is 1. The van der Waals surface area contributed by atoms with E-state index in [0.717, 1.165) is 48.3 Å². The summed E-state index contributed by atoms with van der Waals surface area (Å²) in [6, 6.07) is 4.37. The van der Waals surface area contributed by atoms with Gasteiger partial charge in [-0.05, 0) is 78.7 Å². The molecule has 4 heteroatoms. The highest BCUT2D eigenvalue weighted by Gasteiger charge is 2.31. The average Bonchev–Trinajstić information content (AvgIpc) is 3.07. The highest BCUT2D eigenvalue weighted by Crippen LogP contribution is 2.42. The van der Waals surface area contributed by atoms with Gasteiger partial charge in [-0.25, -0.2) is 0 Å². The van der Waals surface area contributed by atoms with Gasteiger partial charge in [0.2, 0.25) is 0 Å². The molecule has 30 heavy (non-hydrogen) atoms. The summed E-state index contributed by atoms with van der Waals surface area (Å²) < 4.78 is 5.86. The molecule has 0 unspecified atom stereocenters. The number of fused-ring (bicyclic) bond motifs is 1. The quantitative estimate of drug-likeness (QED) is 0.511. The number of carbonyl (C=O) groups is 1. The lowest BCUT2D eigenvalue weighted by Crippen LogP contribution is -2.22. The van der Waals surface area contributed by atoms with E-state index in [1.54, 1.807) is 11.3 Å². The lowest BCUT2D eigenvalue weighted by molar-refractivity contribution is 0.0985. The van der Waals surface area contributed by atoms with Gasteiger partial charge in [-0.1, -0.05) is 39.8 Å². The van der Waals surface area contributed by atoms with Crippen molar-refractivity contribution in [1.82, 2.24) is 0 Å². The summed E-state index contributed by atoms with van der Waals surface area (Å²) in [4.78, 5) is 15.7. The smallest absolute Gasteiger partial charge is 0.173 e. The van der Waals surface area contributed by atoms with Gasteiger partial charge in [0, 0.05) is 17.8 Å². The molecule has 1 aliphatic carbocycles. The van der Waals surface area contributed by atoms with Crippen molar-refractivity contribution in [3.63, 3.8) is 0 Å². The predicted octanol–water partition coefficient (Wildman–Crippen LogP) is 5.85. The van der Waals surface area contributed by atoms with Crippen molar-refractivity contribution in [2.45, 2.75) is 79.6 Å². The van der Waals surface area contributed by atoms with Gasteiger partial charge < -0.3 is 10.5 Å². The summed E-state index contributed by atoms with van der Waals surface area (Å²) in [6.45, 7) is 12.2. The van der Waals surface area contributed by atoms with Gasteiger partial charge in [-0.15, -0.1) is 11.3 Å². The molecule has 0 aliphatic heterocycles. The van der Waals surface area contributed by atoms with E-state index in [2.05, 4.69) is 46.8 Å². The number of thiophene rings is 1. The molecule has 1 heterocycles. The second-order valence-corrected chi connectivity index (χ2v) is 10.4. The molecule has 164 valence electrons. The Morgan fingerprint density at radius 3 is 2.63 bits per heavy atom. The molecule has 1 aliphatic rings. The third kappa shape index (κ3) is 4.97. The van der Waals surface area contributed by atoms with Crippen molar-refractivity contribution in [3.8, 4) is 5.75 Å². The van der Waals surface area contributed by atoms with Gasteiger partial charge in [0.1, 0.15) is 12.4 Å². The van der Waals surface area contributed by atoms with E-state index in [9.17, 15) is 4.79 Å². The average molecular weight is 428 g/mol. The number of carbonyl (C=O) groups excluding carboxylic acids is 1. The summed E-state index contributed by atoms with van der Waals surface area (Å²) in [5, 5.41) is 0. The molecule has 0 bridgehead atoms. The van der Waals surface area contributed by atoms with Crippen LogP contribution in [0.3, 0.4) is 0 Å². The van der Waals surface area contributed by atoms with Crippen LogP contribution in [0.5, 0.6) is 5.75 Å². The standard InChI is InChI=1S/C26H37NO2S/c1-6-19-15-18(14-17(3)24(19)29-13-12-27)8-9-22(28)25-20-10-11-26(4,5)16-21(20)23(7-2)30-25/h14-15H,6-13,16,27H2,1-5H3. The summed E-state index contributed by atoms with van der Waals surface area (Å²) in [5.74, 6) is 1.27. The van der Waals surface area contributed by atoms with Crippen LogP contribution in [0, 0.1) is 12.3 Å². The Morgan fingerprint density at radius 1 is 1.20 bits per heavy atom. The lowest BCUT2D eigenvalue weighted by atomic mass is 9.74. The number of aryl methyl sites for hydroxylation is 4. The van der Waals surface area contributed by atoms with Gasteiger partial charge in [-0.3, -0.25) is 4.79 Å². The lowest BCUT2D eigenvalue weighted by Gasteiger charge is -2.30. The molecule has 1 aromatic carbocycles. The van der Waals surface area contributed by atoms with E-state index >= 15 is 0 Å². The Hall–Kier alpha value is -1.65. The van der Waals surface area contributed by atoms with Crippen LogP contribution in [0.1, 0.15) is 82.9 Å². The monoisotopic (exact) mass is 427 g/mol. The van der Waals surface area contributed by atoms with Crippen molar-refractivity contribution >= 4 is 17.1 Å². The zero-order chi connectivity index (χ0) is 21.9. The molecule has 0 amide bonds. The highest BCUT2D eigenvalue weighted by atomic mass is 32.1. The van der Waals surface area contributed by atoms with E-state index in [0.29, 0.717) is 30.8 Å². The number of hydrogen-bond donors (Lipinski definition) is 1. The van der Waals surface area contributed by atoms with Gasteiger partial charge >= 0.3 is 0 Å². The van der Waals surface area contributed by atoms with Crippen LogP contribution in [0.25, 0.3) is 0 Å².